The molecule has 6 nitrogen and oxygen atoms in total. The Bertz CT molecular complexity index is 760. The van der Waals surface area contributed by atoms with Gasteiger partial charge in [0, 0.05) is 19.3 Å². The molecule has 0 aromatic heterocycles. The Balaban J connectivity index is 1.81. The minimum absolute atomic E-state index is 0.0882. The molecule has 10 heteroatoms. The molecular weight excluding hydrogens is 383 g/mol. The summed E-state index contributed by atoms with van der Waals surface area (Å²) in [5, 5.41) is 2.50. The minimum atomic E-state index is -4.46. The van der Waals surface area contributed by atoms with Crippen molar-refractivity contribution < 1.29 is 26.4 Å². The first-order valence-electron chi connectivity index (χ1n) is 8.56. The average molecular weight is 407 g/mol. The number of alkyl halides is 3. The van der Waals surface area contributed by atoms with Gasteiger partial charge in [0.2, 0.25) is 15.9 Å². The van der Waals surface area contributed by atoms with Crippen LogP contribution in [0.3, 0.4) is 0 Å². The first-order chi connectivity index (χ1) is 12.4. The zero-order chi connectivity index (χ0) is 20.2. The fourth-order valence-electron chi connectivity index (χ4n) is 3.00. The normalized spacial score (nSPS) is 17.3. The Morgan fingerprint density at radius 3 is 2.48 bits per heavy atom. The summed E-state index contributed by atoms with van der Waals surface area (Å²) in [6.07, 6.45) is -1.77. The van der Waals surface area contributed by atoms with Crippen LogP contribution >= 0.6 is 0 Å². The predicted octanol–water partition coefficient (Wildman–Crippen LogP) is 2.25. The standard InChI is InChI=1S/C17H24F3N3O3S/c1-22(27(2,25)26)11-13-6-8-23(9-7-13)12-16(24)21-15-5-3-4-14(10-15)17(18,19)20/h3-5,10,13H,6-9,11-12H2,1-2H3,(H,21,24). The molecule has 0 saturated carbocycles. The first-order valence-corrected chi connectivity index (χ1v) is 10.4. The van der Waals surface area contributed by atoms with Crippen molar-refractivity contribution in [1.29, 1.82) is 0 Å². The molecule has 152 valence electrons. The van der Waals surface area contributed by atoms with Crippen LogP contribution in [0.25, 0.3) is 0 Å². The summed E-state index contributed by atoms with van der Waals surface area (Å²) in [6.45, 7) is 1.81. The molecule has 27 heavy (non-hydrogen) atoms. The molecule has 1 heterocycles. The van der Waals surface area contributed by atoms with Gasteiger partial charge in [0.05, 0.1) is 18.4 Å². The number of carbonyl (C=O) groups excluding carboxylic acids is 1. The molecule has 0 unspecified atom stereocenters. The molecule has 1 fully saturated rings. The molecule has 0 aliphatic carbocycles. The van der Waals surface area contributed by atoms with Crippen molar-refractivity contribution in [2.24, 2.45) is 5.92 Å². The molecule has 1 aliphatic heterocycles. The third kappa shape index (κ3) is 6.78. The molecular formula is C17H24F3N3O3S. The van der Waals surface area contributed by atoms with E-state index in [1.165, 1.54) is 22.7 Å². The van der Waals surface area contributed by atoms with E-state index in [0.717, 1.165) is 25.0 Å². The number of nitrogens with zero attached hydrogens (tertiary/aromatic N) is 2. The van der Waals surface area contributed by atoms with E-state index in [2.05, 4.69) is 5.32 Å². The quantitative estimate of drug-likeness (QED) is 0.785. The Hall–Kier alpha value is -1.65. The van der Waals surface area contributed by atoms with Gasteiger partial charge in [-0.25, -0.2) is 12.7 Å². The van der Waals surface area contributed by atoms with Gasteiger partial charge in [0.25, 0.3) is 0 Å². The summed E-state index contributed by atoms with van der Waals surface area (Å²) in [5.41, 5.74) is -0.699. The highest BCUT2D eigenvalue weighted by molar-refractivity contribution is 7.88. The molecule has 1 aromatic carbocycles. The van der Waals surface area contributed by atoms with E-state index in [0.29, 0.717) is 19.6 Å². The van der Waals surface area contributed by atoms with Crippen LogP contribution < -0.4 is 5.32 Å². The number of halogens is 3. The number of amides is 1. The average Bonchev–Trinajstić information content (AvgIpc) is 2.55. The van der Waals surface area contributed by atoms with E-state index >= 15 is 0 Å². The number of hydrogen-bond acceptors (Lipinski definition) is 4. The maximum atomic E-state index is 12.7. The van der Waals surface area contributed by atoms with Crippen LogP contribution in [0.4, 0.5) is 18.9 Å². The highest BCUT2D eigenvalue weighted by Gasteiger charge is 2.30. The second kappa shape index (κ2) is 8.57. The van der Waals surface area contributed by atoms with E-state index in [1.807, 2.05) is 4.90 Å². The minimum Gasteiger partial charge on any atom is -0.325 e. The van der Waals surface area contributed by atoms with E-state index in [4.69, 9.17) is 0 Å². The first kappa shape index (κ1) is 21.6. The lowest BCUT2D eigenvalue weighted by atomic mass is 9.97. The third-order valence-electron chi connectivity index (χ3n) is 4.63. The molecule has 1 saturated heterocycles. The summed E-state index contributed by atoms with van der Waals surface area (Å²) < 4.78 is 62.4. The number of likely N-dealkylation sites (tertiary alicyclic amines) is 1. The van der Waals surface area contributed by atoms with Crippen molar-refractivity contribution >= 4 is 21.6 Å². The van der Waals surface area contributed by atoms with Crippen LogP contribution in [0.1, 0.15) is 18.4 Å². The molecule has 0 spiro atoms. The predicted molar refractivity (Wildman–Crippen MR) is 96.7 cm³/mol. The lowest BCUT2D eigenvalue weighted by Crippen LogP contribution is -2.42. The Morgan fingerprint density at radius 2 is 1.93 bits per heavy atom. The number of piperidine rings is 1. The van der Waals surface area contributed by atoms with Crippen molar-refractivity contribution in [3.05, 3.63) is 29.8 Å². The monoisotopic (exact) mass is 407 g/mol. The molecule has 1 amide bonds. The van der Waals surface area contributed by atoms with Crippen LogP contribution in [-0.4, -0.2) is 63.0 Å². The highest BCUT2D eigenvalue weighted by atomic mass is 32.2. The Morgan fingerprint density at radius 1 is 1.30 bits per heavy atom. The maximum Gasteiger partial charge on any atom is 0.416 e. The van der Waals surface area contributed by atoms with Gasteiger partial charge in [0.1, 0.15) is 0 Å². The number of hydrogen-bond donors (Lipinski definition) is 1. The summed E-state index contributed by atoms with van der Waals surface area (Å²) in [6, 6.07) is 4.53. The van der Waals surface area contributed by atoms with Gasteiger partial charge < -0.3 is 5.32 Å². The number of carbonyl (C=O) groups is 1. The van der Waals surface area contributed by atoms with Crippen LogP contribution in [-0.2, 0) is 21.0 Å². The molecule has 0 atom stereocenters. The van der Waals surface area contributed by atoms with E-state index in [9.17, 15) is 26.4 Å². The van der Waals surface area contributed by atoms with Crippen molar-refractivity contribution in [3.63, 3.8) is 0 Å². The number of benzene rings is 1. The van der Waals surface area contributed by atoms with Crippen LogP contribution in [0.2, 0.25) is 0 Å². The fourth-order valence-corrected chi connectivity index (χ4v) is 3.48. The second-order valence-electron chi connectivity index (χ2n) is 6.89. The zero-order valence-electron chi connectivity index (χ0n) is 15.3. The van der Waals surface area contributed by atoms with Crippen molar-refractivity contribution in [3.8, 4) is 0 Å². The van der Waals surface area contributed by atoms with E-state index < -0.39 is 21.8 Å². The Kier molecular flexibility index (Phi) is 6.87. The Labute approximate surface area is 157 Å². The lowest BCUT2D eigenvalue weighted by molar-refractivity contribution is -0.137. The summed E-state index contributed by atoms with van der Waals surface area (Å²) in [7, 11) is -1.66. The molecule has 1 aliphatic rings. The molecule has 1 aromatic rings. The maximum absolute atomic E-state index is 12.7. The van der Waals surface area contributed by atoms with Crippen LogP contribution in [0.15, 0.2) is 24.3 Å². The van der Waals surface area contributed by atoms with Crippen LogP contribution in [0, 0.1) is 5.92 Å². The number of rotatable bonds is 6. The van der Waals surface area contributed by atoms with Gasteiger partial charge >= 0.3 is 6.18 Å². The smallest absolute Gasteiger partial charge is 0.325 e. The lowest BCUT2D eigenvalue weighted by Gasteiger charge is -2.32. The molecule has 2 rings (SSSR count). The SMILES string of the molecule is CN(CC1CCN(CC(=O)Nc2cccc(C(F)(F)F)c2)CC1)S(C)(=O)=O. The van der Waals surface area contributed by atoms with E-state index in [1.54, 1.807) is 7.05 Å². The van der Waals surface area contributed by atoms with Crippen molar-refractivity contribution in [1.82, 2.24) is 9.21 Å². The summed E-state index contributed by atoms with van der Waals surface area (Å²) >= 11 is 0. The number of anilines is 1. The van der Waals surface area contributed by atoms with Crippen molar-refractivity contribution in [2.45, 2.75) is 19.0 Å². The highest BCUT2D eigenvalue weighted by Crippen LogP contribution is 2.30. The molecule has 0 bridgehead atoms. The van der Waals surface area contributed by atoms with Gasteiger partial charge in [-0.15, -0.1) is 0 Å². The summed E-state index contributed by atoms with van der Waals surface area (Å²) in [5.74, 6) is -0.145. The molecule has 1 N–H and O–H groups in total. The van der Waals surface area contributed by atoms with E-state index in [-0.39, 0.29) is 24.1 Å². The van der Waals surface area contributed by atoms with Gasteiger partial charge in [-0.1, -0.05) is 6.07 Å². The largest absolute Gasteiger partial charge is 0.416 e. The third-order valence-corrected chi connectivity index (χ3v) is 5.91. The van der Waals surface area contributed by atoms with Gasteiger partial charge in [-0.2, -0.15) is 13.2 Å². The van der Waals surface area contributed by atoms with Crippen LogP contribution in [0.5, 0.6) is 0 Å². The fraction of sp³-hybridized carbons (Fsp3) is 0.588. The second-order valence-corrected chi connectivity index (χ2v) is 8.98. The zero-order valence-corrected chi connectivity index (χ0v) is 16.1. The van der Waals surface area contributed by atoms with Gasteiger partial charge in [-0.3, -0.25) is 9.69 Å². The summed E-state index contributed by atoms with van der Waals surface area (Å²) in [4.78, 5) is 14.0. The number of nitrogens with one attached hydrogen (secondary N) is 1. The number of sulfonamides is 1. The molecule has 0 radical (unpaired) electrons. The van der Waals surface area contributed by atoms with Gasteiger partial charge in [0.15, 0.2) is 0 Å². The topological polar surface area (TPSA) is 69.7 Å². The van der Waals surface area contributed by atoms with Gasteiger partial charge in [-0.05, 0) is 50.0 Å². The van der Waals surface area contributed by atoms with Crippen molar-refractivity contribution in [2.75, 3.05) is 44.8 Å².